The van der Waals surface area contributed by atoms with Gasteiger partial charge in [0.15, 0.2) is 0 Å². The number of nitrogens with two attached hydrogens (primary N) is 1. The molecule has 1 aromatic rings. The van der Waals surface area contributed by atoms with E-state index in [1.54, 1.807) is 13.1 Å². The van der Waals surface area contributed by atoms with Crippen LogP contribution in [0.1, 0.15) is 29.5 Å². The quantitative estimate of drug-likeness (QED) is 0.797. The molecule has 0 atom stereocenters. The van der Waals surface area contributed by atoms with Crippen LogP contribution in [0.4, 0.5) is 13.2 Å². The van der Waals surface area contributed by atoms with Crippen LogP contribution in [-0.2, 0) is 22.8 Å². The lowest BCUT2D eigenvalue weighted by molar-refractivity contribution is -0.140. The number of carbonyl (C=O) groups is 1. The van der Waals surface area contributed by atoms with E-state index in [0.717, 1.165) is 6.07 Å². The Labute approximate surface area is 120 Å². The Morgan fingerprint density at radius 3 is 2.57 bits per heavy atom. The van der Waals surface area contributed by atoms with E-state index < -0.39 is 17.2 Å². The SMILES string of the molecule is CN1CCc2c(C(F)(F)F)cccc2C2(CC(N)C2)C1=O. The van der Waals surface area contributed by atoms with Crippen LogP contribution in [-0.4, -0.2) is 30.4 Å². The van der Waals surface area contributed by atoms with Crippen molar-refractivity contribution in [1.82, 2.24) is 4.90 Å². The van der Waals surface area contributed by atoms with Crippen LogP contribution in [0, 0.1) is 0 Å². The number of likely N-dealkylation sites (N-methyl/N-ethyl adjacent to an activating group) is 1. The third-order valence-corrected chi connectivity index (χ3v) is 4.67. The summed E-state index contributed by atoms with van der Waals surface area (Å²) in [7, 11) is 1.65. The highest BCUT2D eigenvalue weighted by Gasteiger charge is 2.54. The normalized spacial score (nSPS) is 29.1. The van der Waals surface area contributed by atoms with Gasteiger partial charge >= 0.3 is 6.18 Å². The molecule has 6 heteroatoms. The molecule has 1 amide bonds. The van der Waals surface area contributed by atoms with Gasteiger partial charge in [-0.15, -0.1) is 0 Å². The van der Waals surface area contributed by atoms with E-state index in [4.69, 9.17) is 5.73 Å². The number of benzene rings is 1. The van der Waals surface area contributed by atoms with Gasteiger partial charge in [-0.05, 0) is 36.5 Å². The first-order valence-electron chi connectivity index (χ1n) is 6.96. The van der Waals surface area contributed by atoms with E-state index in [0.29, 0.717) is 24.9 Å². The molecule has 3 rings (SSSR count). The predicted molar refractivity (Wildman–Crippen MR) is 71.7 cm³/mol. The third-order valence-electron chi connectivity index (χ3n) is 4.67. The van der Waals surface area contributed by atoms with Gasteiger partial charge in [0.1, 0.15) is 0 Å². The highest BCUT2D eigenvalue weighted by molar-refractivity contribution is 5.90. The Bertz CT molecular complexity index is 591. The van der Waals surface area contributed by atoms with Crippen molar-refractivity contribution in [2.75, 3.05) is 13.6 Å². The maximum absolute atomic E-state index is 13.2. The molecular formula is C15H17F3N2O. The number of alkyl halides is 3. The van der Waals surface area contributed by atoms with Gasteiger partial charge in [0.2, 0.25) is 5.91 Å². The van der Waals surface area contributed by atoms with Gasteiger partial charge in [0.25, 0.3) is 0 Å². The molecule has 2 aliphatic rings. The lowest BCUT2D eigenvalue weighted by Crippen LogP contribution is -2.57. The molecule has 1 aliphatic carbocycles. The monoisotopic (exact) mass is 298 g/mol. The topological polar surface area (TPSA) is 46.3 Å². The second-order valence-corrected chi connectivity index (χ2v) is 6.06. The second kappa shape index (κ2) is 4.47. The number of fused-ring (bicyclic) bond motifs is 2. The zero-order valence-electron chi connectivity index (χ0n) is 11.7. The van der Waals surface area contributed by atoms with Gasteiger partial charge in [0, 0.05) is 19.6 Å². The standard InChI is InChI=1S/C15H17F3N2O/c1-20-6-5-10-11(3-2-4-12(10)15(16,17)18)14(13(20)21)7-9(19)8-14/h2-4,9H,5-8,19H2,1H3. The molecule has 1 aliphatic heterocycles. The average molecular weight is 298 g/mol. The van der Waals surface area contributed by atoms with Gasteiger partial charge in [0.05, 0.1) is 11.0 Å². The van der Waals surface area contributed by atoms with E-state index in [9.17, 15) is 18.0 Å². The maximum Gasteiger partial charge on any atom is 0.416 e. The van der Waals surface area contributed by atoms with Crippen molar-refractivity contribution in [2.45, 2.75) is 36.9 Å². The molecule has 1 aromatic carbocycles. The van der Waals surface area contributed by atoms with Gasteiger partial charge in [-0.1, -0.05) is 12.1 Å². The van der Waals surface area contributed by atoms with Crippen molar-refractivity contribution in [1.29, 1.82) is 0 Å². The molecule has 114 valence electrons. The molecule has 21 heavy (non-hydrogen) atoms. The fraction of sp³-hybridized carbons (Fsp3) is 0.533. The Morgan fingerprint density at radius 1 is 1.33 bits per heavy atom. The van der Waals surface area contributed by atoms with Crippen molar-refractivity contribution in [3.05, 3.63) is 34.9 Å². The molecule has 1 spiro atoms. The van der Waals surface area contributed by atoms with E-state index in [1.807, 2.05) is 0 Å². The van der Waals surface area contributed by atoms with Gasteiger partial charge in [-0.2, -0.15) is 13.2 Å². The number of carbonyl (C=O) groups excluding carboxylic acids is 1. The van der Waals surface area contributed by atoms with Gasteiger partial charge < -0.3 is 10.6 Å². The molecule has 2 N–H and O–H groups in total. The molecule has 1 heterocycles. The summed E-state index contributed by atoms with van der Waals surface area (Å²) < 4.78 is 39.7. The lowest BCUT2D eigenvalue weighted by atomic mass is 9.60. The molecule has 0 bridgehead atoms. The number of rotatable bonds is 0. The molecule has 3 nitrogen and oxygen atoms in total. The van der Waals surface area contributed by atoms with E-state index in [1.165, 1.54) is 11.0 Å². The maximum atomic E-state index is 13.2. The highest BCUT2D eigenvalue weighted by atomic mass is 19.4. The van der Waals surface area contributed by atoms with Crippen LogP contribution in [0.3, 0.4) is 0 Å². The zero-order valence-corrected chi connectivity index (χ0v) is 11.7. The van der Waals surface area contributed by atoms with Gasteiger partial charge in [-0.3, -0.25) is 4.79 Å². The third kappa shape index (κ3) is 2.04. The van der Waals surface area contributed by atoms with E-state index in [-0.39, 0.29) is 23.9 Å². The first-order chi connectivity index (χ1) is 9.75. The van der Waals surface area contributed by atoms with Crippen LogP contribution >= 0.6 is 0 Å². The number of halogens is 3. The number of amides is 1. The minimum atomic E-state index is -4.40. The minimum absolute atomic E-state index is 0.109. The first-order valence-corrected chi connectivity index (χ1v) is 6.96. The Hall–Kier alpha value is -1.56. The van der Waals surface area contributed by atoms with Crippen LogP contribution in [0.5, 0.6) is 0 Å². The molecule has 0 aromatic heterocycles. The Kier molecular flexibility index (Phi) is 3.06. The number of hydrogen-bond donors (Lipinski definition) is 1. The van der Waals surface area contributed by atoms with Crippen LogP contribution in [0.15, 0.2) is 18.2 Å². The Balaban J connectivity index is 2.19. The molecule has 0 unspecified atom stereocenters. The summed E-state index contributed by atoms with van der Waals surface area (Å²) >= 11 is 0. The van der Waals surface area contributed by atoms with Crippen molar-refractivity contribution in [3.63, 3.8) is 0 Å². The van der Waals surface area contributed by atoms with Crippen molar-refractivity contribution in [3.8, 4) is 0 Å². The van der Waals surface area contributed by atoms with Crippen molar-refractivity contribution < 1.29 is 18.0 Å². The summed E-state index contributed by atoms with van der Waals surface area (Å²) in [4.78, 5) is 14.1. The van der Waals surface area contributed by atoms with E-state index in [2.05, 4.69) is 0 Å². The fourth-order valence-corrected chi connectivity index (χ4v) is 3.66. The molecule has 1 fully saturated rings. The number of nitrogens with zero attached hydrogens (tertiary/aromatic N) is 1. The fourth-order valence-electron chi connectivity index (χ4n) is 3.66. The number of hydrogen-bond acceptors (Lipinski definition) is 2. The summed E-state index contributed by atoms with van der Waals surface area (Å²) in [6, 6.07) is 4.03. The van der Waals surface area contributed by atoms with Crippen LogP contribution < -0.4 is 5.73 Å². The summed E-state index contributed by atoms with van der Waals surface area (Å²) in [5, 5.41) is 0. The average Bonchev–Trinajstić information content (AvgIpc) is 2.48. The Morgan fingerprint density at radius 2 is 2.00 bits per heavy atom. The smallest absolute Gasteiger partial charge is 0.345 e. The molecule has 0 radical (unpaired) electrons. The second-order valence-electron chi connectivity index (χ2n) is 6.06. The van der Waals surface area contributed by atoms with Crippen molar-refractivity contribution in [2.24, 2.45) is 5.73 Å². The molecular weight excluding hydrogens is 281 g/mol. The predicted octanol–water partition coefficient (Wildman–Crippen LogP) is 2.08. The summed E-state index contributed by atoms with van der Waals surface area (Å²) in [6.07, 6.45) is -3.33. The summed E-state index contributed by atoms with van der Waals surface area (Å²) in [5.74, 6) is -0.109. The first kappa shape index (κ1) is 14.4. The van der Waals surface area contributed by atoms with Crippen LogP contribution in [0.2, 0.25) is 0 Å². The zero-order chi connectivity index (χ0) is 15.4. The summed E-state index contributed by atoms with van der Waals surface area (Å²) in [5.41, 5.74) is 5.13. The molecule has 1 saturated carbocycles. The largest absolute Gasteiger partial charge is 0.416 e. The minimum Gasteiger partial charge on any atom is -0.345 e. The van der Waals surface area contributed by atoms with Crippen LogP contribution in [0.25, 0.3) is 0 Å². The lowest BCUT2D eigenvalue weighted by Gasteiger charge is -2.46. The van der Waals surface area contributed by atoms with E-state index >= 15 is 0 Å². The highest BCUT2D eigenvalue weighted by Crippen LogP contribution is 2.49. The van der Waals surface area contributed by atoms with Gasteiger partial charge in [-0.25, -0.2) is 0 Å². The van der Waals surface area contributed by atoms with Crippen molar-refractivity contribution >= 4 is 5.91 Å². The summed E-state index contributed by atoms with van der Waals surface area (Å²) in [6.45, 7) is 0.302. The molecule has 0 saturated heterocycles.